The summed E-state index contributed by atoms with van der Waals surface area (Å²) in [6.07, 6.45) is 1.13. The maximum atomic E-state index is 14.2. The number of hydrogen-bond donors (Lipinski definition) is 1. The van der Waals surface area contributed by atoms with Gasteiger partial charge in [0.05, 0.1) is 17.8 Å². The summed E-state index contributed by atoms with van der Waals surface area (Å²) in [5.41, 5.74) is -0.463. The Morgan fingerprint density at radius 3 is 2.50 bits per heavy atom. The average molecular weight is 428 g/mol. The van der Waals surface area contributed by atoms with Crippen LogP contribution in [0.4, 0.5) is 19.3 Å². The third kappa shape index (κ3) is 2.67. The number of phenols is 1. The van der Waals surface area contributed by atoms with Gasteiger partial charge in [-0.05, 0) is 37.1 Å². The molecule has 2 fully saturated rings. The Balaban J connectivity index is 1.44. The molecule has 1 aliphatic carbocycles. The first-order valence-corrected chi connectivity index (χ1v) is 9.95. The number of benzene rings is 2. The first kappa shape index (κ1) is 18.6. The van der Waals surface area contributed by atoms with Gasteiger partial charge in [-0.25, -0.2) is 18.5 Å². The predicted molar refractivity (Wildman–Crippen MR) is 104 cm³/mol. The molecule has 1 spiro atoms. The smallest absolute Gasteiger partial charge is 0.332 e. The fourth-order valence-corrected chi connectivity index (χ4v) is 4.46. The number of imide groups is 1. The topological polar surface area (TPSA) is 86.6 Å². The fraction of sp³-hybridized carbons (Fsp3) is 0.200. The molecule has 1 saturated carbocycles. The highest BCUT2D eigenvalue weighted by Gasteiger charge is 2.65. The number of carbonyl (C=O) groups is 2. The van der Waals surface area contributed by atoms with Crippen molar-refractivity contribution in [3.63, 3.8) is 0 Å². The number of phenolic OH excluding ortho intramolecular Hbond substituents is 1. The Kier molecular flexibility index (Phi) is 4.07. The first-order valence-electron chi connectivity index (χ1n) is 9.13. The molecule has 2 heterocycles. The molecule has 0 unspecified atom stereocenters. The normalized spacial score (nSPS) is 17.3. The molecule has 10 heteroatoms. The molecule has 0 atom stereocenters. The van der Waals surface area contributed by atoms with Crippen LogP contribution in [-0.2, 0) is 11.3 Å². The molecule has 2 aliphatic rings. The summed E-state index contributed by atoms with van der Waals surface area (Å²) in [5.74, 6) is -3.55. The SMILES string of the molecule is O=C1N(c2ccccc2)C(=O)C2(CC2)N1Cc1nnc(-c2ccc(F)c(O)c2F)s1. The number of aromatic hydroxyl groups is 1. The number of anilines is 1. The van der Waals surface area contributed by atoms with Crippen LogP contribution in [0.5, 0.6) is 5.75 Å². The molecule has 3 amide bonds. The molecule has 2 aromatic carbocycles. The summed E-state index contributed by atoms with van der Waals surface area (Å²) in [6.45, 7) is 0.0420. The number of halogens is 2. The van der Waals surface area contributed by atoms with Crippen molar-refractivity contribution in [1.82, 2.24) is 15.1 Å². The van der Waals surface area contributed by atoms with Gasteiger partial charge in [0.2, 0.25) is 0 Å². The molecule has 1 N–H and O–H groups in total. The molecule has 7 nitrogen and oxygen atoms in total. The summed E-state index contributed by atoms with van der Waals surface area (Å²) in [5, 5.41) is 17.9. The average Bonchev–Trinajstić information content (AvgIpc) is 3.38. The second kappa shape index (κ2) is 6.56. The van der Waals surface area contributed by atoms with Gasteiger partial charge in [0, 0.05) is 0 Å². The third-order valence-electron chi connectivity index (χ3n) is 5.34. The fourth-order valence-electron chi connectivity index (χ4n) is 3.61. The number of urea groups is 1. The van der Waals surface area contributed by atoms with Crippen molar-refractivity contribution in [3.8, 4) is 16.3 Å². The largest absolute Gasteiger partial charge is 0.503 e. The lowest BCUT2D eigenvalue weighted by atomic mass is 10.2. The summed E-state index contributed by atoms with van der Waals surface area (Å²) in [4.78, 5) is 28.7. The Morgan fingerprint density at radius 2 is 1.80 bits per heavy atom. The van der Waals surface area contributed by atoms with Crippen molar-refractivity contribution in [2.45, 2.75) is 24.9 Å². The van der Waals surface area contributed by atoms with Gasteiger partial charge in [0.1, 0.15) is 10.5 Å². The van der Waals surface area contributed by atoms with Crippen LogP contribution < -0.4 is 4.90 Å². The molecule has 0 bridgehead atoms. The van der Waals surface area contributed by atoms with Crippen LogP contribution in [0.25, 0.3) is 10.6 Å². The van der Waals surface area contributed by atoms with Crippen LogP contribution >= 0.6 is 11.3 Å². The summed E-state index contributed by atoms with van der Waals surface area (Å²) < 4.78 is 27.5. The van der Waals surface area contributed by atoms with Gasteiger partial charge in [0.25, 0.3) is 5.91 Å². The van der Waals surface area contributed by atoms with Gasteiger partial charge in [-0.1, -0.05) is 29.5 Å². The zero-order valence-electron chi connectivity index (χ0n) is 15.4. The van der Waals surface area contributed by atoms with E-state index in [2.05, 4.69) is 10.2 Å². The predicted octanol–water partition coefficient (Wildman–Crippen LogP) is 3.69. The number of para-hydroxylation sites is 1. The second-order valence-electron chi connectivity index (χ2n) is 7.13. The standard InChI is InChI=1S/C20H14F2N4O3S/c21-13-7-6-12(15(22)16(13)27)17-24-23-14(30-17)10-25-19(29)26(11-4-2-1-3-5-11)18(28)20(25)8-9-20/h1-7,27H,8-10H2. The number of hydrogen-bond acceptors (Lipinski definition) is 6. The van der Waals surface area contributed by atoms with E-state index < -0.39 is 29.0 Å². The highest BCUT2D eigenvalue weighted by atomic mass is 32.1. The first-order chi connectivity index (χ1) is 14.4. The van der Waals surface area contributed by atoms with Crippen molar-refractivity contribution in [2.24, 2.45) is 0 Å². The highest BCUT2D eigenvalue weighted by Crippen LogP contribution is 2.50. The molecule has 0 radical (unpaired) electrons. The molecule has 1 saturated heterocycles. The Morgan fingerprint density at radius 1 is 1.07 bits per heavy atom. The van der Waals surface area contributed by atoms with Crippen LogP contribution in [0.3, 0.4) is 0 Å². The minimum atomic E-state index is -1.13. The van der Waals surface area contributed by atoms with Crippen LogP contribution in [0.1, 0.15) is 17.8 Å². The van der Waals surface area contributed by atoms with Gasteiger partial charge >= 0.3 is 6.03 Å². The van der Waals surface area contributed by atoms with E-state index in [1.807, 2.05) is 0 Å². The monoisotopic (exact) mass is 428 g/mol. The Hall–Kier alpha value is -3.40. The van der Waals surface area contributed by atoms with Crippen molar-refractivity contribution in [3.05, 3.63) is 59.1 Å². The van der Waals surface area contributed by atoms with Gasteiger partial charge in [-0.2, -0.15) is 0 Å². The summed E-state index contributed by atoms with van der Waals surface area (Å²) >= 11 is 1.01. The van der Waals surface area contributed by atoms with E-state index in [9.17, 15) is 23.5 Å². The number of rotatable bonds is 4. The quantitative estimate of drug-likeness (QED) is 0.641. The van der Waals surface area contributed by atoms with E-state index in [1.54, 1.807) is 30.3 Å². The number of amides is 3. The van der Waals surface area contributed by atoms with Crippen LogP contribution in [-0.4, -0.2) is 37.7 Å². The van der Waals surface area contributed by atoms with E-state index >= 15 is 0 Å². The lowest BCUT2D eigenvalue weighted by Gasteiger charge is -2.19. The molecular weight excluding hydrogens is 414 g/mol. The van der Waals surface area contributed by atoms with Crippen molar-refractivity contribution >= 4 is 29.0 Å². The minimum Gasteiger partial charge on any atom is -0.503 e. The molecule has 30 heavy (non-hydrogen) atoms. The van der Waals surface area contributed by atoms with E-state index in [1.165, 1.54) is 15.9 Å². The van der Waals surface area contributed by atoms with Gasteiger partial charge in [-0.15, -0.1) is 10.2 Å². The number of nitrogens with zero attached hydrogens (tertiary/aromatic N) is 4. The van der Waals surface area contributed by atoms with E-state index in [0.29, 0.717) is 23.5 Å². The van der Waals surface area contributed by atoms with Gasteiger partial charge in [0.15, 0.2) is 22.4 Å². The molecule has 1 aromatic heterocycles. The third-order valence-corrected chi connectivity index (χ3v) is 6.28. The summed E-state index contributed by atoms with van der Waals surface area (Å²) in [7, 11) is 0. The maximum Gasteiger partial charge on any atom is 0.332 e. The van der Waals surface area contributed by atoms with Crippen molar-refractivity contribution in [2.75, 3.05) is 4.90 Å². The molecular formula is C20H14F2N4O3S. The second-order valence-corrected chi connectivity index (χ2v) is 8.20. The van der Waals surface area contributed by atoms with Gasteiger partial charge < -0.3 is 10.0 Å². The van der Waals surface area contributed by atoms with E-state index in [4.69, 9.17) is 0 Å². The lowest BCUT2D eigenvalue weighted by Crippen LogP contribution is -2.36. The minimum absolute atomic E-state index is 0.0420. The van der Waals surface area contributed by atoms with E-state index in [0.717, 1.165) is 17.4 Å². The highest BCUT2D eigenvalue weighted by molar-refractivity contribution is 7.14. The maximum absolute atomic E-state index is 14.2. The molecule has 3 aromatic rings. The Labute approximate surface area is 173 Å². The van der Waals surface area contributed by atoms with Crippen LogP contribution in [0.2, 0.25) is 0 Å². The Bertz CT molecular complexity index is 1180. The zero-order valence-corrected chi connectivity index (χ0v) is 16.2. The zero-order chi connectivity index (χ0) is 21.0. The van der Waals surface area contributed by atoms with Crippen molar-refractivity contribution in [1.29, 1.82) is 0 Å². The number of aromatic nitrogens is 2. The van der Waals surface area contributed by atoms with Gasteiger partial charge in [-0.3, -0.25) is 4.79 Å². The molecule has 152 valence electrons. The van der Waals surface area contributed by atoms with Crippen LogP contribution in [0, 0.1) is 11.6 Å². The number of carbonyl (C=O) groups excluding carboxylic acids is 2. The lowest BCUT2D eigenvalue weighted by molar-refractivity contribution is -0.120. The van der Waals surface area contributed by atoms with Crippen molar-refractivity contribution < 1.29 is 23.5 Å². The summed E-state index contributed by atoms with van der Waals surface area (Å²) in [6, 6.07) is 10.4. The molecule has 5 rings (SSSR count). The molecule has 1 aliphatic heterocycles. The van der Waals surface area contributed by atoms with Crippen LogP contribution in [0.15, 0.2) is 42.5 Å². The van der Waals surface area contributed by atoms with E-state index in [-0.39, 0.29) is 23.0 Å².